The quantitative estimate of drug-likeness (QED) is 0.899. The number of carbonyl (C=O) groups excluding carboxylic acids is 2. The molecular weight excluding hydrogens is 313 g/mol. The number of hydrogen-bond donors (Lipinski definition) is 1. The van der Waals surface area contributed by atoms with Gasteiger partial charge in [0.1, 0.15) is 11.4 Å². The van der Waals surface area contributed by atoms with Gasteiger partial charge in [-0.25, -0.2) is 9.18 Å². The van der Waals surface area contributed by atoms with Gasteiger partial charge < -0.3 is 19.9 Å². The van der Waals surface area contributed by atoms with Crippen LogP contribution in [-0.2, 0) is 4.74 Å². The van der Waals surface area contributed by atoms with E-state index in [1.54, 1.807) is 17.0 Å². The Balaban J connectivity index is 2.00. The molecule has 0 aliphatic carbocycles. The molecule has 1 aromatic carbocycles. The fourth-order valence-corrected chi connectivity index (χ4v) is 2.51. The van der Waals surface area contributed by atoms with Crippen LogP contribution in [0.25, 0.3) is 0 Å². The van der Waals surface area contributed by atoms with Crippen LogP contribution in [0.2, 0.25) is 0 Å². The van der Waals surface area contributed by atoms with Crippen LogP contribution in [0.4, 0.5) is 14.9 Å². The molecule has 0 unspecified atom stereocenters. The molecule has 2 amide bonds. The lowest BCUT2D eigenvalue weighted by atomic mass is 10.1. The van der Waals surface area contributed by atoms with Gasteiger partial charge in [-0.05, 0) is 39.0 Å². The van der Waals surface area contributed by atoms with Crippen LogP contribution in [0.1, 0.15) is 31.1 Å². The van der Waals surface area contributed by atoms with Gasteiger partial charge in [-0.3, -0.25) is 4.79 Å². The zero-order valence-corrected chi connectivity index (χ0v) is 14.6. The summed E-state index contributed by atoms with van der Waals surface area (Å²) in [5.74, 6) is -0.767. The van der Waals surface area contributed by atoms with Gasteiger partial charge in [0.05, 0.1) is 5.69 Å². The molecule has 132 valence electrons. The van der Waals surface area contributed by atoms with Gasteiger partial charge in [0.15, 0.2) is 0 Å². The van der Waals surface area contributed by atoms with Crippen molar-refractivity contribution in [1.29, 1.82) is 0 Å². The highest BCUT2D eigenvalue weighted by atomic mass is 19.1. The van der Waals surface area contributed by atoms with Gasteiger partial charge in [0.25, 0.3) is 5.91 Å². The Bertz CT molecular complexity index is 620. The molecule has 1 saturated heterocycles. The number of ether oxygens (including phenoxy) is 1. The molecule has 2 rings (SSSR count). The summed E-state index contributed by atoms with van der Waals surface area (Å²) in [6.07, 6.45) is -0.349. The third-order valence-corrected chi connectivity index (χ3v) is 3.71. The first kappa shape index (κ1) is 18.0. The molecule has 0 saturated carbocycles. The van der Waals surface area contributed by atoms with E-state index >= 15 is 0 Å². The Morgan fingerprint density at radius 1 is 1.17 bits per heavy atom. The molecule has 1 aromatic rings. The van der Waals surface area contributed by atoms with E-state index < -0.39 is 11.4 Å². The molecule has 1 aliphatic heterocycles. The van der Waals surface area contributed by atoms with Crippen LogP contribution in [0.3, 0.4) is 0 Å². The van der Waals surface area contributed by atoms with Gasteiger partial charge in [-0.15, -0.1) is 0 Å². The van der Waals surface area contributed by atoms with E-state index in [9.17, 15) is 14.0 Å². The summed E-state index contributed by atoms with van der Waals surface area (Å²) in [5, 5.41) is 2.47. The minimum atomic E-state index is -0.532. The van der Waals surface area contributed by atoms with Crippen molar-refractivity contribution < 1.29 is 18.7 Å². The lowest BCUT2D eigenvalue weighted by molar-refractivity contribution is 0.0240. The first-order chi connectivity index (χ1) is 11.2. The van der Waals surface area contributed by atoms with Crippen molar-refractivity contribution in [3.05, 3.63) is 29.6 Å². The molecule has 1 N–H and O–H groups in total. The molecule has 6 nitrogen and oxygen atoms in total. The van der Waals surface area contributed by atoms with E-state index in [0.29, 0.717) is 31.9 Å². The van der Waals surface area contributed by atoms with Crippen molar-refractivity contribution in [2.75, 3.05) is 38.1 Å². The largest absolute Gasteiger partial charge is 0.444 e. The van der Waals surface area contributed by atoms with Gasteiger partial charge in [-0.2, -0.15) is 0 Å². The van der Waals surface area contributed by atoms with Crippen LogP contribution in [-0.4, -0.2) is 55.7 Å². The molecule has 7 heteroatoms. The molecule has 0 bridgehead atoms. The topological polar surface area (TPSA) is 61.9 Å². The number of nitrogens with one attached hydrogen (secondary N) is 1. The molecule has 1 heterocycles. The van der Waals surface area contributed by atoms with Gasteiger partial charge >= 0.3 is 6.09 Å². The van der Waals surface area contributed by atoms with Crippen molar-refractivity contribution in [2.24, 2.45) is 0 Å². The highest BCUT2D eigenvalue weighted by molar-refractivity contribution is 5.94. The summed E-state index contributed by atoms with van der Waals surface area (Å²) in [5.41, 5.74) is 0.188. The fraction of sp³-hybridized carbons (Fsp3) is 0.529. The molecule has 0 spiro atoms. The number of halogens is 1. The van der Waals surface area contributed by atoms with Crippen LogP contribution < -0.4 is 10.2 Å². The van der Waals surface area contributed by atoms with E-state index in [2.05, 4.69) is 5.32 Å². The van der Waals surface area contributed by atoms with Crippen LogP contribution >= 0.6 is 0 Å². The average Bonchev–Trinajstić information content (AvgIpc) is 2.52. The minimum absolute atomic E-state index is 0.283. The molecule has 24 heavy (non-hydrogen) atoms. The Morgan fingerprint density at radius 3 is 2.29 bits per heavy atom. The summed E-state index contributed by atoms with van der Waals surface area (Å²) in [6.45, 7) is 7.42. The second kappa shape index (κ2) is 7.07. The van der Waals surface area contributed by atoms with Gasteiger partial charge in [0.2, 0.25) is 0 Å². The third kappa shape index (κ3) is 4.37. The maximum atomic E-state index is 14.3. The first-order valence-corrected chi connectivity index (χ1v) is 7.96. The zero-order chi connectivity index (χ0) is 17.9. The van der Waals surface area contributed by atoms with E-state index in [-0.39, 0.29) is 17.6 Å². The van der Waals surface area contributed by atoms with Crippen molar-refractivity contribution in [3.8, 4) is 0 Å². The second-order valence-electron chi connectivity index (χ2n) is 6.70. The first-order valence-electron chi connectivity index (χ1n) is 7.96. The highest BCUT2D eigenvalue weighted by Gasteiger charge is 2.26. The van der Waals surface area contributed by atoms with Crippen molar-refractivity contribution >= 4 is 17.7 Å². The van der Waals surface area contributed by atoms with Crippen LogP contribution in [0.15, 0.2) is 18.2 Å². The van der Waals surface area contributed by atoms with Gasteiger partial charge in [0, 0.05) is 38.8 Å². The molecule has 0 radical (unpaired) electrons. The smallest absolute Gasteiger partial charge is 0.410 e. The predicted octanol–water partition coefficient (Wildman–Crippen LogP) is 2.24. The lowest BCUT2D eigenvalue weighted by Gasteiger charge is -2.36. The summed E-state index contributed by atoms with van der Waals surface area (Å²) < 4.78 is 19.6. The lowest BCUT2D eigenvalue weighted by Crippen LogP contribution is -2.50. The number of hydrogen-bond acceptors (Lipinski definition) is 4. The summed E-state index contributed by atoms with van der Waals surface area (Å²) in [7, 11) is 1.50. The van der Waals surface area contributed by atoms with Crippen molar-refractivity contribution in [1.82, 2.24) is 10.2 Å². The van der Waals surface area contributed by atoms with E-state index in [1.807, 2.05) is 25.7 Å². The second-order valence-corrected chi connectivity index (χ2v) is 6.70. The average molecular weight is 337 g/mol. The molecule has 0 aromatic heterocycles. The number of carbonyl (C=O) groups is 2. The van der Waals surface area contributed by atoms with E-state index in [0.717, 1.165) is 0 Å². The maximum absolute atomic E-state index is 14.3. The van der Waals surface area contributed by atoms with Crippen molar-refractivity contribution in [2.45, 2.75) is 26.4 Å². The minimum Gasteiger partial charge on any atom is -0.444 e. The predicted molar refractivity (Wildman–Crippen MR) is 89.8 cm³/mol. The van der Waals surface area contributed by atoms with Gasteiger partial charge in [-0.1, -0.05) is 0 Å². The summed E-state index contributed by atoms with van der Waals surface area (Å²) in [6, 6.07) is 4.43. The van der Waals surface area contributed by atoms with E-state index in [1.165, 1.54) is 13.1 Å². The fourth-order valence-electron chi connectivity index (χ4n) is 2.51. The number of nitrogens with zero attached hydrogens (tertiary/aromatic N) is 2. The third-order valence-electron chi connectivity index (χ3n) is 3.71. The highest BCUT2D eigenvalue weighted by Crippen LogP contribution is 2.22. The normalized spacial score (nSPS) is 15.2. The Hall–Kier alpha value is -2.31. The van der Waals surface area contributed by atoms with Crippen molar-refractivity contribution in [3.63, 3.8) is 0 Å². The number of piperazine rings is 1. The Labute approximate surface area is 141 Å². The maximum Gasteiger partial charge on any atom is 0.410 e. The SMILES string of the molecule is CNC(=O)c1ccc(N2CCN(C(=O)OC(C)(C)C)CC2)c(F)c1. The molecule has 0 atom stereocenters. The summed E-state index contributed by atoms with van der Waals surface area (Å²) in [4.78, 5) is 27.1. The molecule has 1 fully saturated rings. The standard InChI is InChI=1S/C17H24FN3O3/c1-17(2,3)24-16(23)21-9-7-20(8-10-21)14-6-5-12(11-13(14)18)15(22)19-4/h5-6,11H,7-10H2,1-4H3,(H,19,22). The van der Waals surface area contributed by atoms with E-state index in [4.69, 9.17) is 4.74 Å². The van der Waals surface area contributed by atoms with Crippen LogP contribution in [0.5, 0.6) is 0 Å². The zero-order valence-electron chi connectivity index (χ0n) is 14.6. The Morgan fingerprint density at radius 2 is 1.79 bits per heavy atom. The number of rotatable bonds is 2. The van der Waals surface area contributed by atoms with Crippen LogP contribution in [0, 0.1) is 5.82 Å². The monoisotopic (exact) mass is 337 g/mol. The Kier molecular flexibility index (Phi) is 5.31. The summed E-state index contributed by atoms with van der Waals surface area (Å²) >= 11 is 0. The molecule has 1 aliphatic rings. The number of benzene rings is 1. The molecular formula is C17H24FN3O3. The number of anilines is 1. The number of amides is 2.